The van der Waals surface area contributed by atoms with Crippen molar-refractivity contribution < 1.29 is 14.3 Å². The summed E-state index contributed by atoms with van der Waals surface area (Å²) < 4.78 is 10.6. The Labute approximate surface area is 164 Å². The van der Waals surface area contributed by atoms with Crippen molar-refractivity contribution in [2.75, 3.05) is 18.6 Å². The van der Waals surface area contributed by atoms with E-state index in [2.05, 4.69) is 21.8 Å². The van der Waals surface area contributed by atoms with Gasteiger partial charge >= 0.3 is 5.97 Å². The second-order valence-corrected chi connectivity index (χ2v) is 6.87. The number of para-hydroxylation sites is 1. The van der Waals surface area contributed by atoms with E-state index in [1.165, 1.54) is 0 Å². The zero-order valence-corrected chi connectivity index (χ0v) is 16.3. The maximum Gasteiger partial charge on any atom is 0.306 e. The fraction of sp³-hybridized carbons (Fsp3) is 0.318. The van der Waals surface area contributed by atoms with Crippen molar-refractivity contribution in [3.63, 3.8) is 0 Å². The number of nitrogens with zero attached hydrogens (tertiary/aromatic N) is 3. The summed E-state index contributed by atoms with van der Waals surface area (Å²) in [5, 5.41) is 0.982. The third-order valence-corrected chi connectivity index (χ3v) is 5.33. The Morgan fingerprint density at radius 1 is 1.18 bits per heavy atom. The number of methoxy groups -OCH3 is 1. The third-order valence-electron chi connectivity index (χ3n) is 5.33. The highest BCUT2D eigenvalue weighted by Crippen LogP contribution is 2.48. The van der Waals surface area contributed by atoms with Crippen LogP contribution in [-0.4, -0.2) is 35.7 Å². The molecule has 6 nitrogen and oxygen atoms in total. The predicted octanol–water partition coefficient (Wildman–Crippen LogP) is 4.22. The standard InChI is InChI=1S/C22H23N3O3/c1-4-28-21(26)12-17-14(2)25(20-10-9-15(27-3)11-18(17)20)22-16-7-5-6-8-19(16)23-13-24-22/h5-11,13-14,17H,4,12H2,1-3H3. The highest BCUT2D eigenvalue weighted by molar-refractivity contribution is 5.93. The number of rotatable bonds is 5. The van der Waals surface area contributed by atoms with Crippen LogP contribution in [0.3, 0.4) is 0 Å². The maximum atomic E-state index is 12.3. The number of carbonyl (C=O) groups excluding carboxylic acids is 1. The normalized spacial score (nSPS) is 18.2. The Kier molecular flexibility index (Phi) is 4.86. The van der Waals surface area contributed by atoms with Gasteiger partial charge in [0.25, 0.3) is 0 Å². The van der Waals surface area contributed by atoms with Crippen molar-refractivity contribution in [2.45, 2.75) is 32.2 Å². The lowest BCUT2D eigenvalue weighted by Crippen LogP contribution is -2.29. The van der Waals surface area contributed by atoms with Crippen molar-refractivity contribution >= 4 is 28.4 Å². The molecule has 0 spiro atoms. The molecule has 6 heteroatoms. The first kappa shape index (κ1) is 18.2. The zero-order chi connectivity index (χ0) is 19.7. The van der Waals surface area contributed by atoms with Crippen LogP contribution in [0.4, 0.5) is 11.5 Å². The highest BCUT2D eigenvalue weighted by atomic mass is 16.5. The summed E-state index contributed by atoms with van der Waals surface area (Å²) >= 11 is 0. The first-order valence-electron chi connectivity index (χ1n) is 9.46. The van der Waals surface area contributed by atoms with Crippen molar-refractivity contribution in [2.24, 2.45) is 0 Å². The van der Waals surface area contributed by atoms with Gasteiger partial charge in [0, 0.05) is 23.0 Å². The molecule has 4 rings (SSSR count). The van der Waals surface area contributed by atoms with E-state index in [1.54, 1.807) is 13.4 Å². The number of carbonyl (C=O) groups is 1. The van der Waals surface area contributed by atoms with E-state index in [9.17, 15) is 4.79 Å². The molecule has 2 unspecified atom stereocenters. The number of hydrogen-bond acceptors (Lipinski definition) is 6. The molecule has 0 bridgehead atoms. The second-order valence-electron chi connectivity index (χ2n) is 6.87. The minimum Gasteiger partial charge on any atom is -0.497 e. The summed E-state index contributed by atoms with van der Waals surface area (Å²) in [5.74, 6) is 1.41. The lowest BCUT2D eigenvalue weighted by molar-refractivity contribution is -0.143. The van der Waals surface area contributed by atoms with Gasteiger partial charge in [-0.1, -0.05) is 12.1 Å². The summed E-state index contributed by atoms with van der Waals surface area (Å²) in [6, 6.07) is 14.0. The molecule has 28 heavy (non-hydrogen) atoms. The molecule has 0 aliphatic carbocycles. The Balaban J connectivity index is 1.84. The number of anilines is 2. The van der Waals surface area contributed by atoms with Crippen LogP contribution in [0.2, 0.25) is 0 Å². The summed E-state index contributed by atoms with van der Waals surface area (Å²) in [6.45, 7) is 4.32. The molecule has 0 amide bonds. The van der Waals surface area contributed by atoms with Crippen LogP contribution in [0.1, 0.15) is 31.7 Å². The minimum absolute atomic E-state index is 0.0159. The SMILES string of the molecule is CCOC(=O)CC1c2cc(OC)ccc2N(c2ncnc3ccccc23)C1C. The lowest BCUT2D eigenvalue weighted by Gasteiger charge is -2.27. The number of ether oxygens (including phenoxy) is 2. The van der Waals surface area contributed by atoms with Gasteiger partial charge in [-0.05, 0) is 49.7 Å². The molecule has 0 saturated carbocycles. The van der Waals surface area contributed by atoms with Crippen LogP contribution >= 0.6 is 0 Å². The zero-order valence-electron chi connectivity index (χ0n) is 16.3. The monoisotopic (exact) mass is 377 g/mol. The van der Waals surface area contributed by atoms with Gasteiger partial charge in [0.15, 0.2) is 0 Å². The van der Waals surface area contributed by atoms with Crippen molar-refractivity contribution in [3.05, 3.63) is 54.4 Å². The summed E-state index contributed by atoms with van der Waals surface area (Å²) in [5.41, 5.74) is 3.00. The van der Waals surface area contributed by atoms with Crippen molar-refractivity contribution in [1.29, 1.82) is 0 Å². The van der Waals surface area contributed by atoms with Crippen LogP contribution in [0.15, 0.2) is 48.8 Å². The molecule has 144 valence electrons. The molecule has 0 fully saturated rings. The predicted molar refractivity (Wildman–Crippen MR) is 108 cm³/mol. The van der Waals surface area contributed by atoms with Crippen molar-refractivity contribution in [1.82, 2.24) is 9.97 Å². The molecule has 0 N–H and O–H groups in total. The minimum atomic E-state index is -0.192. The smallest absolute Gasteiger partial charge is 0.306 e. The van der Waals surface area contributed by atoms with E-state index in [1.807, 2.05) is 49.4 Å². The van der Waals surface area contributed by atoms with Gasteiger partial charge in [0.05, 0.1) is 25.7 Å². The summed E-state index contributed by atoms with van der Waals surface area (Å²) in [7, 11) is 1.65. The van der Waals surface area contributed by atoms with Crippen LogP contribution in [-0.2, 0) is 9.53 Å². The van der Waals surface area contributed by atoms with Crippen LogP contribution in [0.25, 0.3) is 10.9 Å². The molecule has 1 aliphatic rings. The molecular formula is C22H23N3O3. The number of benzene rings is 2. The third kappa shape index (κ3) is 3.05. The molecule has 1 aromatic heterocycles. The molecule has 0 radical (unpaired) electrons. The average Bonchev–Trinajstić information content (AvgIpc) is 2.98. The van der Waals surface area contributed by atoms with Gasteiger partial charge in [-0.3, -0.25) is 4.79 Å². The largest absolute Gasteiger partial charge is 0.497 e. The summed E-state index contributed by atoms with van der Waals surface area (Å²) in [6.07, 6.45) is 1.90. The fourth-order valence-corrected chi connectivity index (χ4v) is 4.00. The molecule has 2 atom stereocenters. The Hall–Kier alpha value is -3.15. The number of esters is 1. The molecule has 3 aromatic rings. The van der Waals surface area contributed by atoms with E-state index < -0.39 is 0 Å². The molecule has 1 aliphatic heterocycles. The van der Waals surface area contributed by atoms with E-state index in [0.29, 0.717) is 13.0 Å². The van der Waals surface area contributed by atoms with E-state index in [-0.39, 0.29) is 17.9 Å². The maximum absolute atomic E-state index is 12.3. The number of fused-ring (bicyclic) bond motifs is 2. The first-order valence-corrected chi connectivity index (χ1v) is 9.46. The van der Waals surface area contributed by atoms with Gasteiger partial charge in [-0.15, -0.1) is 0 Å². The lowest BCUT2D eigenvalue weighted by atomic mass is 9.92. The molecular weight excluding hydrogens is 354 g/mol. The average molecular weight is 377 g/mol. The molecule has 2 heterocycles. The fourth-order valence-electron chi connectivity index (χ4n) is 4.00. The molecule has 2 aromatic carbocycles. The van der Waals surface area contributed by atoms with E-state index in [4.69, 9.17) is 9.47 Å². The Morgan fingerprint density at radius 2 is 2.00 bits per heavy atom. The van der Waals surface area contributed by atoms with Crippen LogP contribution in [0.5, 0.6) is 5.75 Å². The van der Waals surface area contributed by atoms with Crippen LogP contribution < -0.4 is 9.64 Å². The van der Waals surface area contributed by atoms with Crippen LogP contribution in [0, 0.1) is 0 Å². The second kappa shape index (κ2) is 7.46. The van der Waals surface area contributed by atoms with E-state index in [0.717, 1.165) is 33.7 Å². The van der Waals surface area contributed by atoms with Crippen molar-refractivity contribution in [3.8, 4) is 5.75 Å². The van der Waals surface area contributed by atoms with Gasteiger partial charge < -0.3 is 14.4 Å². The molecule has 0 saturated heterocycles. The Bertz CT molecular complexity index is 1020. The number of aromatic nitrogens is 2. The van der Waals surface area contributed by atoms with Gasteiger partial charge in [0.1, 0.15) is 17.9 Å². The summed E-state index contributed by atoms with van der Waals surface area (Å²) in [4.78, 5) is 23.4. The van der Waals surface area contributed by atoms with Gasteiger partial charge in [-0.2, -0.15) is 0 Å². The highest BCUT2D eigenvalue weighted by Gasteiger charge is 2.39. The van der Waals surface area contributed by atoms with Gasteiger partial charge in [0.2, 0.25) is 0 Å². The van der Waals surface area contributed by atoms with Gasteiger partial charge in [-0.25, -0.2) is 9.97 Å². The topological polar surface area (TPSA) is 64.6 Å². The Morgan fingerprint density at radius 3 is 2.79 bits per heavy atom. The number of hydrogen-bond donors (Lipinski definition) is 0. The first-order chi connectivity index (χ1) is 13.6. The van der Waals surface area contributed by atoms with E-state index >= 15 is 0 Å². The quantitative estimate of drug-likeness (QED) is 0.621.